The number of alkyl halides is 1. The van der Waals surface area contributed by atoms with Crippen molar-refractivity contribution in [3.05, 3.63) is 17.8 Å². The minimum Gasteiger partial charge on any atom is -0.444 e. The molecule has 0 aromatic carbocycles. The Balaban J connectivity index is 2.27. The summed E-state index contributed by atoms with van der Waals surface area (Å²) in [5.41, 5.74) is 0.558. The molecule has 14 heavy (non-hydrogen) atoms. The van der Waals surface area contributed by atoms with Crippen LogP contribution in [-0.4, -0.2) is 4.98 Å². The standard InChI is InChI=1S/C11H16ClNO/c1-10(2)8(11(10,3)4)9-13-6-7(5-12)14-9/h6,8H,5H2,1-4H3. The molecule has 0 bridgehead atoms. The van der Waals surface area contributed by atoms with Gasteiger partial charge in [-0.2, -0.15) is 0 Å². The highest BCUT2D eigenvalue weighted by Gasteiger charge is 2.67. The van der Waals surface area contributed by atoms with Gasteiger partial charge in [0, 0.05) is 5.92 Å². The van der Waals surface area contributed by atoms with Crippen molar-refractivity contribution in [3.8, 4) is 0 Å². The lowest BCUT2D eigenvalue weighted by molar-refractivity contribution is 0.446. The molecule has 1 fully saturated rings. The molecule has 0 saturated heterocycles. The van der Waals surface area contributed by atoms with Crippen LogP contribution in [-0.2, 0) is 5.88 Å². The monoisotopic (exact) mass is 213 g/mol. The molecule has 0 spiro atoms. The van der Waals surface area contributed by atoms with Crippen LogP contribution in [0.5, 0.6) is 0 Å². The molecule has 0 unspecified atom stereocenters. The minimum absolute atomic E-state index is 0.279. The van der Waals surface area contributed by atoms with Gasteiger partial charge in [0.05, 0.1) is 12.1 Å². The summed E-state index contributed by atoms with van der Waals surface area (Å²) in [6.07, 6.45) is 1.73. The normalized spacial score (nSPS) is 23.8. The zero-order chi connectivity index (χ0) is 10.6. The highest BCUT2D eigenvalue weighted by molar-refractivity contribution is 6.16. The molecule has 2 rings (SSSR count). The smallest absolute Gasteiger partial charge is 0.198 e. The van der Waals surface area contributed by atoms with Crippen LogP contribution in [0.1, 0.15) is 45.3 Å². The van der Waals surface area contributed by atoms with E-state index in [4.69, 9.17) is 16.0 Å². The van der Waals surface area contributed by atoms with Gasteiger partial charge in [0.15, 0.2) is 5.89 Å². The molecule has 0 aliphatic heterocycles. The molecule has 0 N–H and O–H groups in total. The third-order valence-corrected chi connectivity index (χ3v) is 4.23. The Labute approximate surface area is 89.7 Å². The molecule has 3 heteroatoms. The zero-order valence-electron chi connectivity index (χ0n) is 9.10. The maximum Gasteiger partial charge on any atom is 0.198 e. The number of nitrogens with zero attached hydrogens (tertiary/aromatic N) is 1. The molecule has 0 radical (unpaired) electrons. The number of hydrogen-bond acceptors (Lipinski definition) is 2. The van der Waals surface area contributed by atoms with E-state index in [1.807, 2.05) is 0 Å². The predicted molar refractivity (Wildman–Crippen MR) is 56.4 cm³/mol. The van der Waals surface area contributed by atoms with Gasteiger partial charge in [-0.15, -0.1) is 11.6 Å². The van der Waals surface area contributed by atoms with Gasteiger partial charge in [-0.3, -0.25) is 0 Å². The Bertz CT molecular complexity index is 340. The fraction of sp³-hybridized carbons (Fsp3) is 0.727. The summed E-state index contributed by atoms with van der Waals surface area (Å²) in [4.78, 5) is 4.29. The average molecular weight is 214 g/mol. The lowest BCUT2D eigenvalue weighted by Gasteiger charge is -2.03. The summed E-state index contributed by atoms with van der Waals surface area (Å²) in [7, 11) is 0. The minimum atomic E-state index is 0.279. The lowest BCUT2D eigenvalue weighted by Crippen LogP contribution is -1.95. The van der Waals surface area contributed by atoms with E-state index in [0.717, 1.165) is 11.7 Å². The van der Waals surface area contributed by atoms with Crippen LogP contribution in [0.2, 0.25) is 0 Å². The third kappa shape index (κ3) is 1.13. The Morgan fingerprint density at radius 2 is 1.93 bits per heavy atom. The fourth-order valence-corrected chi connectivity index (χ4v) is 2.46. The number of halogens is 1. The summed E-state index contributed by atoms with van der Waals surface area (Å²) in [6.45, 7) is 9.01. The predicted octanol–water partition coefficient (Wildman–Crippen LogP) is 3.56. The molecule has 1 aromatic rings. The van der Waals surface area contributed by atoms with Gasteiger partial charge < -0.3 is 4.42 Å². The van der Waals surface area contributed by atoms with Crippen LogP contribution in [0, 0.1) is 10.8 Å². The molecule has 1 saturated carbocycles. The van der Waals surface area contributed by atoms with E-state index in [-0.39, 0.29) is 10.8 Å². The summed E-state index contributed by atoms with van der Waals surface area (Å²) in [5.74, 6) is 2.43. The van der Waals surface area contributed by atoms with Crippen LogP contribution in [0.15, 0.2) is 10.6 Å². The largest absolute Gasteiger partial charge is 0.444 e. The molecular weight excluding hydrogens is 198 g/mol. The topological polar surface area (TPSA) is 26.0 Å². The highest BCUT2D eigenvalue weighted by atomic mass is 35.5. The van der Waals surface area contributed by atoms with Crippen LogP contribution >= 0.6 is 11.6 Å². The molecule has 2 nitrogen and oxygen atoms in total. The van der Waals surface area contributed by atoms with Crippen LogP contribution in [0.25, 0.3) is 0 Å². The molecule has 1 heterocycles. The van der Waals surface area contributed by atoms with Gasteiger partial charge >= 0.3 is 0 Å². The first-order valence-electron chi connectivity index (χ1n) is 4.92. The number of rotatable bonds is 2. The number of oxazole rings is 1. The first-order valence-corrected chi connectivity index (χ1v) is 5.45. The third-order valence-electron chi connectivity index (χ3n) is 3.97. The quantitative estimate of drug-likeness (QED) is 0.703. The van der Waals surface area contributed by atoms with Gasteiger partial charge in [-0.1, -0.05) is 27.7 Å². The van der Waals surface area contributed by atoms with E-state index in [0.29, 0.717) is 11.8 Å². The van der Waals surface area contributed by atoms with E-state index in [1.165, 1.54) is 0 Å². The van der Waals surface area contributed by atoms with Gasteiger partial charge in [0.1, 0.15) is 5.76 Å². The van der Waals surface area contributed by atoms with Crippen LogP contribution in [0.3, 0.4) is 0 Å². The van der Waals surface area contributed by atoms with Gasteiger partial charge in [0.25, 0.3) is 0 Å². The number of hydrogen-bond donors (Lipinski definition) is 0. The van der Waals surface area contributed by atoms with E-state index < -0.39 is 0 Å². The molecule has 1 aromatic heterocycles. The van der Waals surface area contributed by atoms with Gasteiger partial charge in [-0.05, 0) is 10.8 Å². The number of aromatic nitrogens is 1. The van der Waals surface area contributed by atoms with Crippen molar-refractivity contribution in [2.45, 2.75) is 39.5 Å². The van der Waals surface area contributed by atoms with Crippen LogP contribution in [0.4, 0.5) is 0 Å². The second-order valence-corrected chi connectivity index (χ2v) is 5.44. The van der Waals surface area contributed by atoms with Crippen molar-refractivity contribution in [2.24, 2.45) is 10.8 Å². The highest BCUT2D eigenvalue weighted by Crippen LogP contribution is 2.73. The molecule has 1 aliphatic carbocycles. The molecule has 1 aliphatic rings. The maximum absolute atomic E-state index is 5.67. The second kappa shape index (κ2) is 2.75. The summed E-state index contributed by atoms with van der Waals surface area (Å²) >= 11 is 5.67. The SMILES string of the molecule is CC1(C)C(c2ncc(CCl)o2)C1(C)C. The van der Waals surface area contributed by atoms with Crippen LogP contribution < -0.4 is 0 Å². The second-order valence-electron chi connectivity index (χ2n) is 5.17. The first-order chi connectivity index (χ1) is 6.41. The Hall–Kier alpha value is -0.500. The molecular formula is C11H16ClNO. The fourth-order valence-electron chi connectivity index (χ4n) is 2.33. The summed E-state index contributed by atoms with van der Waals surface area (Å²) in [5, 5.41) is 0. The average Bonchev–Trinajstić information content (AvgIpc) is 2.51. The molecule has 0 amide bonds. The van der Waals surface area contributed by atoms with E-state index >= 15 is 0 Å². The van der Waals surface area contributed by atoms with Crippen molar-refractivity contribution in [1.82, 2.24) is 4.98 Å². The Kier molecular flexibility index (Phi) is 1.97. The van der Waals surface area contributed by atoms with Gasteiger partial charge in [0.2, 0.25) is 0 Å². The maximum atomic E-state index is 5.67. The summed E-state index contributed by atoms with van der Waals surface area (Å²) in [6, 6.07) is 0. The van der Waals surface area contributed by atoms with E-state index in [1.54, 1.807) is 6.20 Å². The molecule has 0 atom stereocenters. The lowest BCUT2D eigenvalue weighted by atomic mass is 10.0. The first kappa shape index (κ1) is 10.0. The molecule has 78 valence electrons. The van der Waals surface area contributed by atoms with Gasteiger partial charge in [-0.25, -0.2) is 4.98 Å². The Morgan fingerprint density at radius 1 is 1.36 bits per heavy atom. The van der Waals surface area contributed by atoms with E-state index in [9.17, 15) is 0 Å². The van der Waals surface area contributed by atoms with Crippen molar-refractivity contribution >= 4 is 11.6 Å². The zero-order valence-corrected chi connectivity index (χ0v) is 9.85. The van der Waals surface area contributed by atoms with Crippen molar-refractivity contribution < 1.29 is 4.42 Å². The summed E-state index contributed by atoms with van der Waals surface area (Å²) < 4.78 is 5.58. The van der Waals surface area contributed by atoms with Crippen molar-refractivity contribution in [1.29, 1.82) is 0 Å². The Morgan fingerprint density at radius 3 is 2.29 bits per heavy atom. The van der Waals surface area contributed by atoms with E-state index in [2.05, 4.69) is 32.7 Å². The van der Waals surface area contributed by atoms with Crippen molar-refractivity contribution in [2.75, 3.05) is 0 Å². The van der Waals surface area contributed by atoms with Crippen molar-refractivity contribution in [3.63, 3.8) is 0 Å².